The van der Waals surface area contributed by atoms with Gasteiger partial charge in [-0.2, -0.15) is 0 Å². The van der Waals surface area contributed by atoms with Gasteiger partial charge in [0.05, 0.1) is 42.1 Å². The normalized spacial score (nSPS) is 15.8. The largest absolute Gasteiger partial charge is 0.378 e. The zero-order chi connectivity index (χ0) is 25.7. The van der Waals surface area contributed by atoms with Crippen LogP contribution in [0.15, 0.2) is 36.4 Å². The van der Waals surface area contributed by atoms with Crippen LogP contribution in [0.4, 0.5) is 17.1 Å². The van der Waals surface area contributed by atoms with Gasteiger partial charge in [-0.05, 0) is 42.5 Å². The Morgan fingerprint density at radius 3 is 2.28 bits per heavy atom. The number of thiocarbonyl (C=S) groups is 1. The maximum absolute atomic E-state index is 12.8. The van der Waals surface area contributed by atoms with Gasteiger partial charge in [0.2, 0.25) is 0 Å². The number of nitro benzene ring substituents is 1. The Kier molecular flexibility index (Phi) is 8.31. The Hall–Kier alpha value is -3.32. The van der Waals surface area contributed by atoms with Crippen molar-refractivity contribution in [1.29, 1.82) is 0 Å². The van der Waals surface area contributed by atoms with E-state index in [1.807, 2.05) is 4.90 Å². The maximum Gasteiger partial charge on any atom is 0.293 e. The van der Waals surface area contributed by atoms with Gasteiger partial charge in [-0.15, -0.1) is 0 Å². The Morgan fingerprint density at radius 2 is 1.61 bits per heavy atom. The molecule has 2 saturated heterocycles. The van der Waals surface area contributed by atoms with Crippen molar-refractivity contribution in [2.75, 3.05) is 62.8 Å². The van der Waals surface area contributed by atoms with E-state index in [-0.39, 0.29) is 22.3 Å². The highest BCUT2D eigenvalue weighted by Gasteiger charge is 2.24. The monoisotopic (exact) mass is 533 g/mol. The maximum atomic E-state index is 12.8. The molecule has 36 heavy (non-hydrogen) atoms. The van der Waals surface area contributed by atoms with Gasteiger partial charge in [-0.1, -0.05) is 11.6 Å². The van der Waals surface area contributed by atoms with Crippen molar-refractivity contribution in [2.45, 2.75) is 0 Å². The predicted octanol–water partition coefficient (Wildman–Crippen LogP) is 2.68. The molecule has 2 aliphatic heterocycles. The van der Waals surface area contributed by atoms with Crippen molar-refractivity contribution in [2.24, 2.45) is 0 Å². The first-order valence-electron chi connectivity index (χ1n) is 11.2. The highest BCUT2D eigenvalue weighted by Crippen LogP contribution is 2.30. The summed E-state index contributed by atoms with van der Waals surface area (Å²) in [6.45, 7) is 3.94. The molecule has 2 fully saturated rings. The number of benzene rings is 2. The molecule has 0 aliphatic carbocycles. The molecule has 0 aromatic heterocycles. The molecule has 0 atom stereocenters. The third kappa shape index (κ3) is 6.08. The van der Waals surface area contributed by atoms with Crippen LogP contribution in [-0.4, -0.2) is 79.4 Å². The first-order valence-corrected chi connectivity index (χ1v) is 12.0. The first-order chi connectivity index (χ1) is 17.3. The van der Waals surface area contributed by atoms with E-state index in [2.05, 4.69) is 10.6 Å². The molecule has 2 heterocycles. The molecular weight excluding hydrogens is 510 g/mol. The van der Waals surface area contributed by atoms with Gasteiger partial charge in [0, 0.05) is 43.4 Å². The molecule has 0 saturated carbocycles. The molecule has 2 amide bonds. The minimum atomic E-state index is -0.624. The van der Waals surface area contributed by atoms with E-state index in [0.29, 0.717) is 74.6 Å². The van der Waals surface area contributed by atoms with Gasteiger partial charge in [-0.3, -0.25) is 25.0 Å². The summed E-state index contributed by atoms with van der Waals surface area (Å²) >= 11 is 11.5. The number of hydrogen-bond acceptors (Lipinski definition) is 8. The molecule has 2 aromatic carbocycles. The fourth-order valence-electron chi connectivity index (χ4n) is 3.91. The highest BCUT2D eigenvalue weighted by atomic mass is 35.5. The van der Waals surface area contributed by atoms with E-state index in [1.165, 1.54) is 12.1 Å². The number of hydrogen-bond donors (Lipinski definition) is 2. The van der Waals surface area contributed by atoms with Gasteiger partial charge < -0.3 is 24.6 Å². The molecule has 190 valence electrons. The second-order valence-electron chi connectivity index (χ2n) is 8.07. The number of ether oxygens (including phenoxy) is 2. The zero-order valence-corrected chi connectivity index (χ0v) is 20.8. The highest BCUT2D eigenvalue weighted by molar-refractivity contribution is 7.80. The third-order valence-electron chi connectivity index (χ3n) is 5.77. The Labute approximate surface area is 217 Å². The lowest BCUT2D eigenvalue weighted by molar-refractivity contribution is -0.384. The zero-order valence-electron chi connectivity index (χ0n) is 19.2. The van der Waals surface area contributed by atoms with Crippen molar-refractivity contribution in [1.82, 2.24) is 10.2 Å². The quantitative estimate of drug-likeness (QED) is 0.339. The number of carbonyl (C=O) groups excluding carboxylic acids is 2. The lowest BCUT2D eigenvalue weighted by Gasteiger charge is -2.28. The summed E-state index contributed by atoms with van der Waals surface area (Å²) in [6, 6.07) is 9.01. The summed E-state index contributed by atoms with van der Waals surface area (Å²) in [5, 5.41) is 17.2. The lowest BCUT2D eigenvalue weighted by Crippen LogP contribution is -2.40. The van der Waals surface area contributed by atoms with Gasteiger partial charge in [0.15, 0.2) is 5.11 Å². The summed E-state index contributed by atoms with van der Waals surface area (Å²) in [6.07, 6.45) is 0. The van der Waals surface area contributed by atoms with Crippen molar-refractivity contribution in [3.8, 4) is 0 Å². The summed E-state index contributed by atoms with van der Waals surface area (Å²) in [5.41, 5.74) is 1.07. The number of morpholine rings is 2. The van der Waals surface area contributed by atoms with Crippen molar-refractivity contribution in [3.05, 3.63) is 62.7 Å². The molecule has 0 bridgehead atoms. The SMILES string of the molecule is O=C(NC(=S)Nc1cc(C(=O)N2CCOCC2)ccc1Cl)c1ccc(N2CCOCC2)c([N+](=O)[O-])c1. The minimum Gasteiger partial charge on any atom is -0.378 e. The number of anilines is 2. The fourth-order valence-corrected chi connectivity index (χ4v) is 4.28. The Balaban J connectivity index is 1.44. The number of rotatable bonds is 5. The molecule has 2 aromatic rings. The van der Waals surface area contributed by atoms with E-state index < -0.39 is 10.8 Å². The molecular formula is C23H24ClN5O6S. The molecule has 0 radical (unpaired) electrons. The topological polar surface area (TPSA) is 126 Å². The molecule has 13 heteroatoms. The molecule has 0 spiro atoms. The van der Waals surface area contributed by atoms with Gasteiger partial charge >= 0.3 is 0 Å². The molecule has 2 aliphatic rings. The van der Waals surface area contributed by atoms with Crippen LogP contribution in [0, 0.1) is 10.1 Å². The minimum absolute atomic E-state index is 0.0715. The lowest BCUT2D eigenvalue weighted by atomic mass is 10.1. The van der Waals surface area contributed by atoms with Gasteiger partial charge in [-0.25, -0.2) is 0 Å². The number of halogens is 1. The van der Waals surface area contributed by atoms with E-state index in [0.717, 1.165) is 0 Å². The number of nitro groups is 1. The predicted molar refractivity (Wildman–Crippen MR) is 138 cm³/mol. The van der Waals surface area contributed by atoms with Crippen LogP contribution >= 0.6 is 23.8 Å². The van der Waals surface area contributed by atoms with E-state index in [1.54, 1.807) is 29.2 Å². The molecule has 0 unspecified atom stereocenters. The van der Waals surface area contributed by atoms with Crippen molar-refractivity contribution >= 4 is 57.8 Å². The van der Waals surface area contributed by atoms with Crippen LogP contribution in [0.1, 0.15) is 20.7 Å². The standard InChI is InChI=1S/C23H24ClN5O6S/c24-17-3-1-16(22(31)28-7-11-35-12-8-28)13-18(17)25-23(36)26-21(30)15-2-4-19(20(14-15)29(32)33)27-5-9-34-10-6-27/h1-4,13-14H,5-12H2,(H2,25,26,30,36). The van der Waals surface area contributed by atoms with E-state index in [4.69, 9.17) is 33.3 Å². The summed E-state index contributed by atoms with van der Waals surface area (Å²) in [5.74, 6) is -0.790. The smallest absolute Gasteiger partial charge is 0.293 e. The van der Waals surface area contributed by atoms with E-state index >= 15 is 0 Å². The van der Waals surface area contributed by atoms with Crippen LogP contribution in [0.2, 0.25) is 5.02 Å². The third-order valence-corrected chi connectivity index (χ3v) is 6.31. The van der Waals surface area contributed by atoms with Crippen LogP contribution in [-0.2, 0) is 9.47 Å². The summed E-state index contributed by atoms with van der Waals surface area (Å²) in [7, 11) is 0. The molecule has 2 N–H and O–H groups in total. The Morgan fingerprint density at radius 1 is 0.972 bits per heavy atom. The summed E-state index contributed by atoms with van der Waals surface area (Å²) < 4.78 is 10.6. The van der Waals surface area contributed by atoms with Crippen LogP contribution in [0.3, 0.4) is 0 Å². The first kappa shape index (κ1) is 25.8. The average Bonchev–Trinajstić information content (AvgIpc) is 2.90. The number of carbonyl (C=O) groups is 2. The second-order valence-corrected chi connectivity index (χ2v) is 8.88. The van der Waals surface area contributed by atoms with Crippen LogP contribution < -0.4 is 15.5 Å². The molecule has 11 nitrogen and oxygen atoms in total. The van der Waals surface area contributed by atoms with Gasteiger partial charge in [0.1, 0.15) is 5.69 Å². The fraction of sp³-hybridized carbons (Fsp3) is 0.348. The molecule has 4 rings (SSSR count). The summed E-state index contributed by atoms with van der Waals surface area (Å²) in [4.78, 5) is 40.2. The van der Waals surface area contributed by atoms with Crippen LogP contribution in [0.25, 0.3) is 0 Å². The average molecular weight is 534 g/mol. The van der Waals surface area contributed by atoms with Crippen molar-refractivity contribution < 1.29 is 24.0 Å². The number of amides is 2. The second kappa shape index (κ2) is 11.6. The van der Waals surface area contributed by atoms with Crippen LogP contribution in [0.5, 0.6) is 0 Å². The number of nitrogens with zero attached hydrogens (tertiary/aromatic N) is 3. The van der Waals surface area contributed by atoms with Gasteiger partial charge in [0.25, 0.3) is 17.5 Å². The Bertz CT molecular complexity index is 1180. The van der Waals surface area contributed by atoms with Crippen molar-refractivity contribution in [3.63, 3.8) is 0 Å². The van der Waals surface area contributed by atoms with E-state index in [9.17, 15) is 19.7 Å². The number of nitrogens with one attached hydrogen (secondary N) is 2.